The number of amides is 5. The van der Waals surface area contributed by atoms with Crippen molar-refractivity contribution >= 4 is 190 Å². The number of nitrogens with two attached hydrogens (primary N) is 1. The van der Waals surface area contributed by atoms with Gasteiger partial charge in [-0.3, -0.25) is 29.4 Å². The average molecular weight is 1570 g/mol. The molecule has 5 amide bonds. The van der Waals surface area contributed by atoms with E-state index >= 15 is 0 Å². The van der Waals surface area contributed by atoms with E-state index in [1.807, 2.05) is 104 Å². The lowest BCUT2D eigenvalue weighted by molar-refractivity contribution is -0.137. The number of halogens is 5. The van der Waals surface area contributed by atoms with E-state index in [2.05, 4.69) is 26.3 Å². The molecule has 4 fully saturated rings. The van der Waals surface area contributed by atoms with E-state index in [0.29, 0.717) is 88.4 Å². The van der Waals surface area contributed by atoms with E-state index < -0.39 is 17.6 Å². The summed E-state index contributed by atoms with van der Waals surface area (Å²) in [4.78, 5) is 63.6. The lowest BCUT2D eigenvalue weighted by Gasteiger charge is -2.10. The maximum Gasteiger partial charge on any atom is 0.417 e. The molecule has 524 valence electrons. The first-order valence-corrected chi connectivity index (χ1v) is 35.8. The fourth-order valence-corrected chi connectivity index (χ4v) is 14.2. The smallest absolute Gasteiger partial charge is 0.417 e. The van der Waals surface area contributed by atoms with E-state index in [0.717, 1.165) is 75.1 Å². The van der Waals surface area contributed by atoms with Gasteiger partial charge in [0.05, 0.1) is 48.3 Å². The molecule has 0 unspecified atom stereocenters. The Bertz CT molecular complexity index is 5170. The quantitative estimate of drug-likeness (QED) is 0.0399. The fraction of sp³-hybridized carbons (Fsp3) is 0.0411. The van der Waals surface area contributed by atoms with Crippen molar-refractivity contribution in [3.8, 4) is 62.4 Å². The summed E-state index contributed by atoms with van der Waals surface area (Å²) >= 11 is 26.4. The third kappa shape index (κ3) is 19.7. The minimum absolute atomic E-state index is 0.0521. The van der Waals surface area contributed by atoms with Crippen LogP contribution in [-0.2, 0) is 30.1 Å². The molecule has 0 radical (unpaired) electrons. The second-order valence-corrected chi connectivity index (χ2v) is 29.1. The number of nitrogens with one attached hydrogen (secondary N) is 5. The van der Waals surface area contributed by atoms with Crippen LogP contribution in [0.5, 0.6) is 5.75 Å². The molecular weight excluding hydrogens is 1520 g/mol. The van der Waals surface area contributed by atoms with E-state index in [4.69, 9.17) is 86.2 Å². The number of amidine groups is 2. The molecule has 5 aromatic heterocycles. The fourth-order valence-electron chi connectivity index (χ4n) is 9.57. The number of carbonyl (C=O) groups is 5. The van der Waals surface area contributed by atoms with Gasteiger partial charge in [0, 0.05) is 52.1 Å². The summed E-state index contributed by atoms with van der Waals surface area (Å²) in [6, 6.07) is 51.8. The largest absolute Gasteiger partial charge is 0.496 e. The molecule has 4 saturated heterocycles. The number of hydrogen-bond acceptors (Lipinski definition) is 21. The lowest BCUT2D eigenvalue weighted by atomic mass is 10.1. The number of methoxy groups -OCH3 is 1. The van der Waals surface area contributed by atoms with Gasteiger partial charge in [0.2, 0.25) is 0 Å². The number of benzene rings is 5. The van der Waals surface area contributed by atoms with E-state index in [-0.39, 0.29) is 56.9 Å². The highest BCUT2D eigenvalue weighted by Gasteiger charge is 2.34. The molecule has 5 aliphatic heterocycles. The van der Waals surface area contributed by atoms with Crippen molar-refractivity contribution in [2.24, 2.45) is 10.7 Å². The number of alkyl halides is 3. The van der Waals surface area contributed by atoms with Gasteiger partial charge < -0.3 is 53.8 Å². The van der Waals surface area contributed by atoms with Crippen LogP contribution in [0.3, 0.4) is 0 Å². The molecule has 0 bridgehead atoms. The number of nitrogens with zero attached hydrogens (tertiary/aromatic N) is 1. The number of aryl methyl sites for hydroxylation is 1. The van der Waals surface area contributed by atoms with Gasteiger partial charge >= 0.3 is 6.18 Å². The van der Waals surface area contributed by atoms with E-state index in [1.54, 1.807) is 73.9 Å². The molecule has 0 atom stereocenters. The van der Waals surface area contributed by atoms with Crippen LogP contribution in [0.1, 0.15) is 39.9 Å². The van der Waals surface area contributed by atoms with Crippen LogP contribution in [0.15, 0.2) is 234 Å². The minimum Gasteiger partial charge on any atom is -0.496 e. The maximum atomic E-state index is 13.6. The molecule has 0 saturated carbocycles. The minimum atomic E-state index is -4.48. The summed E-state index contributed by atoms with van der Waals surface area (Å²) in [7, 11) is 1.62. The molecule has 15 rings (SSSR count). The summed E-state index contributed by atoms with van der Waals surface area (Å²) in [6.45, 7) is 2.03. The van der Waals surface area contributed by atoms with Crippen molar-refractivity contribution in [2.45, 2.75) is 13.1 Å². The molecule has 104 heavy (non-hydrogen) atoms. The number of thiocarbonyl (C=S) groups is 3. The van der Waals surface area contributed by atoms with Gasteiger partial charge in [-0.15, -0.1) is 0 Å². The number of carbonyl (C=O) groups excluding carboxylic acids is 5. The molecule has 10 heterocycles. The number of aliphatic imine (C=N–C) groups is 1. The SMILES string of the molecule is COc1ccccc1-c1ccc(/C=C2\SC(=S)NC2=O)o1.Cc1cccc(-c2ccc(/C=C3\SC(=N)NC3=O)o2)c1.NC1=NC(=O)/C(=C/c2ccc(-c3ccccc3F)o2)S1.O=C1NC(=S)S/C1=C\c1ccc(-c2cccc(Cl)c2)o1.O=C1NC(=S)S/C1=C\c1ccc(-c2ccccc2C(F)(F)F)o1. The monoisotopic (exact) mass is 1570 g/mol. The number of rotatable bonds is 11. The molecule has 18 nitrogen and oxygen atoms in total. The molecule has 7 N–H and O–H groups in total. The predicted molar refractivity (Wildman–Crippen MR) is 415 cm³/mol. The summed E-state index contributed by atoms with van der Waals surface area (Å²) in [5, 5.41) is 18.4. The van der Waals surface area contributed by atoms with Crippen molar-refractivity contribution in [3.05, 3.63) is 257 Å². The standard InChI is InChI=1S/C15H8F3NO2S2.C15H12N2O2S.C15H11NO3S2.C14H8ClNO2S2.C14H9FN2O2S/c16-15(17,18)10-4-2-1-3-9(10)11-6-5-8(21-11)7-12-13(20)19-14(22)23-12;1-9-3-2-4-10(7-9)12-6-5-11(19-12)8-13-14(18)17-15(16)20-13;1-18-11-5-3-2-4-10(11)12-7-6-9(19-12)8-13-14(17)16-15(20)21-13;15-9-3-1-2-8(6-9)11-5-4-10(18-11)7-12-13(17)16-14(19)20-12;15-10-4-2-1-3-9(10)11-6-5-8(19-11)7-12-13(18)17-14(16)20-12/h1-7H,(H,19,20,22);2-8H,1H3,(H2,16,17,18);2-8H,1H3,(H,16,17,20);1-7H,(H,16,17,19);1-7H,(H2,16,17,18)/b12-7-;2*13-8-;2*12-7-. The van der Waals surface area contributed by atoms with Crippen LogP contribution in [-0.4, -0.2) is 59.9 Å². The second-order valence-electron chi connectivity index (χ2n) is 21.4. The first-order valence-electron chi connectivity index (χ1n) is 30.1. The van der Waals surface area contributed by atoms with Gasteiger partial charge in [0.1, 0.15) is 82.1 Å². The van der Waals surface area contributed by atoms with Gasteiger partial charge in [-0.2, -0.15) is 18.2 Å². The van der Waals surface area contributed by atoms with Crippen LogP contribution in [0, 0.1) is 18.2 Å². The molecule has 31 heteroatoms. The Labute approximate surface area is 631 Å². The Morgan fingerprint density at radius 3 is 1.32 bits per heavy atom. The van der Waals surface area contributed by atoms with E-state index in [1.165, 1.54) is 66.0 Å². The topological polar surface area (TPSA) is 271 Å². The summed E-state index contributed by atoms with van der Waals surface area (Å²) in [5.74, 6) is 4.14. The van der Waals surface area contributed by atoms with Crippen molar-refractivity contribution in [1.29, 1.82) is 5.41 Å². The normalized spacial score (nSPS) is 16.7. The Hall–Kier alpha value is -10.3. The molecule has 10 aromatic rings. The average Bonchev–Trinajstić information content (AvgIpc) is 1.38. The van der Waals surface area contributed by atoms with Gasteiger partial charge in [0.15, 0.2) is 10.3 Å². The predicted octanol–water partition coefficient (Wildman–Crippen LogP) is 18.4. The van der Waals surface area contributed by atoms with Gasteiger partial charge in [-0.25, -0.2) is 4.39 Å². The van der Waals surface area contributed by atoms with Crippen molar-refractivity contribution in [2.75, 3.05) is 7.11 Å². The molecular formula is C73H48ClF4N7O11S8. The molecule has 0 spiro atoms. The van der Waals surface area contributed by atoms with Crippen LogP contribution < -0.4 is 31.7 Å². The molecule has 5 aliphatic rings. The number of thioether (sulfide) groups is 5. The zero-order valence-corrected chi connectivity index (χ0v) is 60.7. The zero-order valence-electron chi connectivity index (χ0n) is 53.4. The highest BCUT2D eigenvalue weighted by Crippen LogP contribution is 2.40. The Morgan fingerprint density at radius 1 is 0.481 bits per heavy atom. The Kier molecular flexibility index (Phi) is 24.4. The number of furan rings is 5. The van der Waals surface area contributed by atoms with Gasteiger partial charge in [-0.1, -0.05) is 162 Å². The van der Waals surface area contributed by atoms with E-state index in [9.17, 15) is 41.5 Å². The van der Waals surface area contributed by atoms with Crippen molar-refractivity contribution in [3.63, 3.8) is 0 Å². The summed E-state index contributed by atoms with van der Waals surface area (Å²) in [5.41, 5.74) is 8.93. The summed E-state index contributed by atoms with van der Waals surface area (Å²) in [6.07, 6.45) is 3.52. The number of hydrogen-bond donors (Lipinski definition) is 6. The summed E-state index contributed by atoms with van der Waals surface area (Å²) < 4.78 is 87.5. The van der Waals surface area contributed by atoms with Crippen LogP contribution in [0.25, 0.3) is 87.0 Å². The first kappa shape index (κ1) is 74.9. The van der Waals surface area contributed by atoms with Crippen LogP contribution in [0.4, 0.5) is 17.6 Å². The zero-order chi connectivity index (χ0) is 73.8. The third-order valence-corrected chi connectivity index (χ3v) is 19.5. The van der Waals surface area contributed by atoms with Gasteiger partial charge in [0.25, 0.3) is 29.5 Å². The third-order valence-electron chi connectivity index (χ3n) is 14.1. The number of para-hydroxylation sites is 1. The molecule has 0 aliphatic carbocycles. The lowest BCUT2D eigenvalue weighted by Crippen LogP contribution is -2.18. The van der Waals surface area contributed by atoms with Crippen molar-refractivity contribution in [1.82, 2.24) is 21.3 Å². The molecule has 5 aromatic carbocycles. The van der Waals surface area contributed by atoms with Crippen molar-refractivity contribution < 1.29 is 68.4 Å². The van der Waals surface area contributed by atoms with Crippen LogP contribution in [0.2, 0.25) is 5.02 Å². The Balaban J connectivity index is 0.000000130. The van der Waals surface area contributed by atoms with Crippen LogP contribution >= 0.6 is 107 Å². The highest BCUT2D eigenvalue weighted by atomic mass is 35.5. The highest BCUT2D eigenvalue weighted by molar-refractivity contribution is 8.27. The maximum absolute atomic E-state index is 13.6. The number of ether oxygens (including phenoxy) is 1. The second kappa shape index (κ2) is 33.9. The van der Waals surface area contributed by atoms with Gasteiger partial charge in [-0.05, 0) is 140 Å². The first-order chi connectivity index (χ1) is 49.9. The Morgan fingerprint density at radius 2 is 0.885 bits per heavy atom.